The molecule has 31 heavy (non-hydrogen) atoms. The lowest BCUT2D eigenvalue weighted by Crippen LogP contribution is -2.39. The van der Waals surface area contributed by atoms with E-state index in [1.165, 1.54) is 35.1 Å². The third-order valence-corrected chi connectivity index (χ3v) is 5.59. The SMILES string of the molecule is NCC(N)C(=O)OCCCCCOc1ccc2c(c1)CCCC/C(c1ccccc1)=C\2. The number of hydrogen-bond acceptors (Lipinski definition) is 5. The standard InChI is InChI=1S/C26H34N2O3/c27-19-25(28)26(29)31-16-8-2-7-15-30-24-14-13-23-17-21(20-9-3-1-4-10-20)11-5-6-12-22(23)18-24/h1,3-4,9-10,13-14,17-18,25H,2,5-8,11-12,15-16,19,27-28H2/b21-17+. The summed E-state index contributed by atoms with van der Waals surface area (Å²) < 4.78 is 11.1. The number of hydrogen-bond donors (Lipinski definition) is 2. The molecule has 0 fully saturated rings. The second-order valence-corrected chi connectivity index (χ2v) is 8.02. The van der Waals surface area contributed by atoms with Gasteiger partial charge in [-0.3, -0.25) is 4.79 Å². The number of rotatable bonds is 10. The van der Waals surface area contributed by atoms with Crippen molar-refractivity contribution in [3.8, 4) is 5.75 Å². The maximum atomic E-state index is 11.5. The van der Waals surface area contributed by atoms with Crippen LogP contribution in [0.4, 0.5) is 0 Å². The van der Waals surface area contributed by atoms with Gasteiger partial charge in [-0.2, -0.15) is 0 Å². The van der Waals surface area contributed by atoms with E-state index >= 15 is 0 Å². The molecule has 1 atom stereocenters. The molecule has 0 aromatic heterocycles. The fourth-order valence-corrected chi connectivity index (χ4v) is 3.75. The van der Waals surface area contributed by atoms with Crippen molar-refractivity contribution in [3.05, 3.63) is 65.2 Å². The summed E-state index contributed by atoms with van der Waals surface area (Å²) in [6, 6.07) is 16.4. The highest BCUT2D eigenvalue weighted by molar-refractivity contribution is 5.82. The number of aryl methyl sites for hydroxylation is 1. The number of ether oxygens (including phenoxy) is 2. The number of unbranched alkanes of at least 4 members (excludes halogenated alkanes) is 2. The van der Waals surface area contributed by atoms with Crippen molar-refractivity contribution < 1.29 is 14.3 Å². The van der Waals surface area contributed by atoms with Gasteiger partial charge < -0.3 is 20.9 Å². The van der Waals surface area contributed by atoms with Gasteiger partial charge >= 0.3 is 5.97 Å². The molecule has 0 saturated carbocycles. The van der Waals surface area contributed by atoms with Crippen molar-refractivity contribution in [2.24, 2.45) is 11.5 Å². The lowest BCUT2D eigenvalue weighted by atomic mass is 9.91. The Bertz CT molecular complexity index is 864. The van der Waals surface area contributed by atoms with Gasteiger partial charge in [-0.1, -0.05) is 42.5 Å². The van der Waals surface area contributed by atoms with Crippen LogP contribution in [0.1, 0.15) is 55.2 Å². The Kier molecular flexibility index (Phi) is 9.13. The fraction of sp³-hybridized carbons (Fsp3) is 0.423. The lowest BCUT2D eigenvalue weighted by molar-refractivity contribution is -0.145. The van der Waals surface area contributed by atoms with E-state index in [2.05, 4.69) is 54.6 Å². The van der Waals surface area contributed by atoms with Crippen LogP contribution < -0.4 is 16.2 Å². The number of nitrogens with two attached hydrogens (primary N) is 2. The van der Waals surface area contributed by atoms with E-state index in [4.69, 9.17) is 20.9 Å². The Morgan fingerprint density at radius 2 is 1.74 bits per heavy atom. The van der Waals surface area contributed by atoms with Crippen LogP contribution in [0.15, 0.2) is 48.5 Å². The van der Waals surface area contributed by atoms with Crippen LogP contribution in [0.2, 0.25) is 0 Å². The van der Waals surface area contributed by atoms with Crippen LogP contribution in [-0.4, -0.2) is 31.8 Å². The lowest BCUT2D eigenvalue weighted by Gasteiger charge is -2.16. The average molecular weight is 423 g/mol. The number of fused-ring (bicyclic) bond motifs is 1. The minimum Gasteiger partial charge on any atom is -0.494 e. The monoisotopic (exact) mass is 422 g/mol. The Balaban J connectivity index is 1.48. The molecule has 0 radical (unpaired) electrons. The number of allylic oxidation sites excluding steroid dienone is 1. The molecule has 0 bridgehead atoms. The summed E-state index contributed by atoms with van der Waals surface area (Å²) in [5.74, 6) is 0.498. The zero-order valence-electron chi connectivity index (χ0n) is 18.2. The van der Waals surface area contributed by atoms with Gasteiger partial charge in [-0.15, -0.1) is 0 Å². The van der Waals surface area contributed by atoms with Crippen LogP contribution in [0, 0.1) is 0 Å². The maximum Gasteiger partial charge on any atom is 0.324 e. The number of carbonyl (C=O) groups is 1. The van der Waals surface area contributed by atoms with Crippen LogP contribution in [0.3, 0.4) is 0 Å². The first-order valence-electron chi connectivity index (χ1n) is 11.3. The largest absolute Gasteiger partial charge is 0.494 e. The highest BCUT2D eigenvalue weighted by Gasteiger charge is 2.12. The molecule has 0 amide bonds. The third kappa shape index (κ3) is 7.23. The van der Waals surface area contributed by atoms with Crippen molar-refractivity contribution in [1.82, 2.24) is 0 Å². The molecule has 4 N–H and O–H groups in total. The quantitative estimate of drug-likeness (QED) is 0.439. The molecular formula is C26H34N2O3. The number of carbonyl (C=O) groups excluding carboxylic acids is 1. The predicted octanol–water partition coefficient (Wildman–Crippen LogP) is 4.33. The molecule has 1 unspecified atom stereocenters. The Morgan fingerprint density at radius 1 is 0.968 bits per heavy atom. The van der Waals surface area contributed by atoms with E-state index in [0.717, 1.165) is 37.9 Å². The molecule has 166 valence electrons. The molecule has 0 spiro atoms. The molecule has 0 saturated heterocycles. The van der Waals surface area contributed by atoms with E-state index in [9.17, 15) is 4.79 Å². The summed E-state index contributed by atoms with van der Waals surface area (Å²) in [6.07, 6.45) is 9.57. The molecule has 2 aromatic carbocycles. The highest BCUT2D eigenvalue weighted by atomic mass is 16.5. The first-order chi connectivity index (χ1) is 15.2. The van der Waals surface area contributed by atoms with E-state index in [0.29, 0.717) is 13.2 Å². The van der Waals surface area contributed by atoms with Gasteiger partial charge in [0.2, 0.25) is 0 Å². The van der Waals surface area contributed by atoms with Crippen molar-refractivity contribution in [1.29, 1.82) is 0 Å². The summed E-state index contributed by atoms with van der Waals surface area (Å²) in [6.45, 7) is 1.14. The smallest absolute Gasteiger partial charge is 0.324 e. The minimum atomic E-state index is -0.723. The second-order valence-electron chi connectivity index (χ2n) is 8.02. The Morgan fingerprint density at radius 3 is 2.55 bits per heavy atom. The van der Waals surface area contributed by atoms with Gasteiger partial charge in [0.1, 0.15) is 11.8 Å². The number of esters is 1. The molecule has 0 aliphatic heterocycles. The highest BCUT2D eigenvalue weighted by Crippen LogP contribution is 2.30. The molecule has 1 aliphatic rings. The second kappa shape index (κ2) is 12.3. The van der Waals surface area contributed by atoms with Gasteiger partial charge in [-0.25, -0.2) is 0 Å². The van der Waals surface area contributed by atoms with Gasteiger partial charge in [0.15, 0.2) is 0 Å². The summed E-state index contributed by atoms with van der Waals surface area (Å²) in [7, 11) is 0. The molecular weight excluding hydrogens is 388 g/mol. The molecule has 0 heterocycles. The molecule has 5 heteroatoms. The van der Waals surface area contributed by atoms with Gasteiger partial charge in [-0.05, 0) is 79.3 Å². The van der Waals surface area contributed by atoms with Crippen molar-refractivity contribution in [2.75, 3.05) is 19.8 Å². The van der Waals surface area contributed by atoms with E-state index in [-0.39, 0.29) is 6.54 Å². The zero-order chi connectivity index (χ0) is 21.9. The zero-order valence-corrected chi connectivity index (χ0v) is 18.2. The van der Waals surface area contributed by atoms with Gasteiger partial charge in [0.05, 0.1) is 13.2 Å². The van der Waals surface area contributed by atoms with Gasteiger partial charge in [0, 0.05) is 6.54 Å². The summed E-state index contributed by atoms with van der Waals surface area (Å²) in [5.41, 5.74) is 16.2. The summed E-state index contributed by atoms with van der Waals surface area (Å²) in [4.78, 5) is 11.5. The third-order valence-electron chi connectivity index (χ3n) is 5.59. The average Bonchev–Trinajstić information content (AvgIpc) is 2.79. The Hall–Kier alpha value is -2.63. The van der Waals surface area contributed by atoms with E-state index in [1.54, 1.807) is 0 Å². The molecule has 2 aromatic rings. The van der Waals surface area contributed by atoms with Crippen LogP contribution >= 0.6 is 0 Å². The predicted molar refractivity (Wildman–Crippen MR) is 126 cm³/mol. The fourth-order valence-electron chi connectivity index (χ4n) is 3.75. The summed E-state index contributed by atoms with van der Waals surface area (Å²) >= 11 is 0. The number of benzene rings is 2. The van der Waals surface area contributed by atoms with Gasteiger partial charge in [0.25, 0.3) is 0 Å². The van der Waals surface area contributed by atoms with Crippen LogP contribution in [-0.2, 0) is 16.0 Å². The topological polar surface area (TPSA) is 87.6 Å². The minimum absolute atomic E-state index is 0.108. The molecule has 1 aliphatic carbocycles. The molecule has 5 nitrogen and oxygen atoms in total. The van der Waals surface area contributed by atoms with E-state index < -0.39 is 12.0 Å². The first-order valence-corrected chi connectivity index (χ1v) is 11.3. The van der Waals surface area contributed by atoms with E-state index in [1.807, 2.05) is 0 Å². The van der Waals surface area contributed by atoms with Crippen molar-refractivity contribution >= 4 is 17.6 Å². The van der Waals surface area contributed by atoms with Crippen molar-refractivity contribution in [2.45, 2.75) is 51.0 Å². The maximum absolute atomic E-state index is 11.5. The molecule has 3 rings (SSSR count). The first kappa shape index (κ1) is 23.0. The normalized spacial score (nSPS) is 16.3. The Labute approximate surface area is 185 Å². The summed E-state index contributed by atoms with van der Waals surface area (Å²) in [5, 5.41) is 0. The van der Waals surface area contributed by atoms with Crippen molar-refractivity contribution in [3.63, 3.8) is 0 Å². The van der Waals surface area contributed by atoms with Crippen LogP contribution in [0.5, 0.6) is 5.75 Å². The van der Waals surface area contributed by atoms with Crippen LogP contribution in [0.25, 0.3) is 11.6 Å².